The highest BCUT2D eigenvalue weighted by Gasteiger charge is 2.33. The first-order chi connectivity index (χ1) is 19.1. The summed E-state index contributed by atoms with van der Waals surface area (Å²) in [5.74, 6) is -1.22. The van der Waals surface area contributed by atoms with Crippen LogP contribution in [-0.4, -0.2) is 57.6 Å². The molecule has 10 heteroatoms. The number of halogens is 1. The van der Waals surface area contributed by atoms with Gasteiger partial charge in [-0.3, -0.25) is 13.9 Å². The summed E-state index contributed by atoms with van der Waals surface area (Å²) in [6.07, 6.45) is 2.76. The maximum Gasteiger partial charge on any atom is 0.244 e. The van der Waals surface area contributed by atoms with Crippen LogP contribution in [0.2, 0.25) is 0 Å². The molecule has 0 spiro atoms. The number of hydrogen-bond donors (Lipinski definition) is 1. The summed E-state index contributed by atoms with van der Waals surface area (Å²) in [6, 6.07) is 20.8. The Morgan fingerprint density at radius 3 is 2.30 bits per heavy atom. The van der Waals surface area contributed by atoms with Gasteiger partial charge in [0.15, 0.2) is 0 Å². The van der Waals surface area contributed by atoms with E-state index < -0.39 is 34.3 Å². The van der Waals surface area contributed by atoms with Crippen LogP contribution in [0.15, 0.2) is 78.9 Å². The standard InChI is InChI=1S/C30H36FN3O5S/c1-4-5-18-32-30(36)28(20-23-12-7-6-8-13-23)33(21-24-14-11-15-25(19-24)39-2)29(35)22-34(40(3,37)38)27-17-10-9-16-26(27)31/h6-17,19,28H,4-5,18,20-22H2,1-3H3,(H,32,36). The van der Waals surface area contributed by atoms with Crippen LogP contribution in [0.3, 0.4) is 0 Å². The topological polar surface area (TPSA) is 96.0 Å². The first-order valence-corrected chi connectivity index (χ1v) is 14.9. The van der Waals surface area contributed by atoms with Crippen molar-refractivity contribution in [2.24, 2.45) is 0 Å². The second kappa shape index (κ2) is 14.5. The highest BCUT2D eigenvalue weighted by Crippen LogP contribution is 2.23. The molecule has 0 aliphatic carbocycles. The monoisotopic (exact) mass is 569 g/mol. The molecule has 1 atom stereocenters. The minimum atomic E-state index is -4.05. The van der Waals surface area contributed by atoms with Crippen LogP contribution in [0.1, 0.15) is 30.9 Å². The van der Waals surface area contributed by atoms with Crippen LogP contribution in [0, 0.1) is 5.82 Å². The summed E-state index contributed by atoms with van der Waals surface area (Å²) in [4.78, 5) is 28.9. The molecule has 0 aliphatic rings. The van der Waals surface area contributed by atoms with Gasteiger partial charge in [0.1, 0.15) is 24.2 Å². The highest BCUT2D eigenvalue weighted by atomic mass is 32.2. The van der Waals surface area contributed by atoms with E-state index in [-0.39, 0.29) is 24.6 Å². The summed E-state index contributed by atoms with van der Waals surface area (Å²) in [6.45, 7) is 1.77. The predicted molar refractivity (Wildman–Crippen MR) is 154 cm³/mol. The minimum absolute atomic E-state index is 0.00358. The van der Waals surface area contributed by atoms with Gasteiger partial charge >= 0.3 is 0 Å². The van der Waals surface area contributed by atoms with Crippen molar-refractivity contribution in [3.8, 4) is 5.75 Å². The molecule has 214 valence electrons. The molecular weight excluding hydrogens is 533 g/mol. The van der Waals surface area contributed by atoms with E-state index in [1.54, 1.807) is 24.3 Å². The lowest BCUT2D eigenvalue weighted by molar-refractivity contribution is -0.140. The molecule has 0 aromatic heterocycles. The Labute approximate surface area is 235 Å². The molecule has 3 aromatic rings. The number of para-hydroxylation sites is 1. The SMILES string of the molecule is CCCCNC(=O)C(Cc1ccccc1)N(Cc1cccc(OC)c1)C(=O)CN(c1ccccc1F)S(C)(=O)=O. The molecule has 0 bridgehead atoms. The normalized spacial score (nSPS) is 11.9. The van der Waals surface area contributed by atoms with Gasteiger partial charge < -0.3 is 15.0 Å². The van der Waals surface area contributed by atoms with E-state index in [0.29, 0.717) is 17.9 Å². The number of sulfonamides is 1. The van der Waals surface area contributed by atoms with Crippen LogP contribution in [0.5, 0.6) is 5.75 Å². The number of carbonyl (C=O) groups excluding carboxylic acids is 2. The Morgan fingerprint density at radius 2 is 1.65 bits per heavy atom. The molecule has 0 saturated heterocycles. The smallest absolute Gasteiger partial charge is 0.244 e. The second-order valence-electron chi connectivity index (χ2n) is 9.44. The van der Waals surface area contributed by atoms with E-state index in [1.807, 2.05) is 37.3 Å². The van der Waals surface area contributed by atoms with Crippen molar-refractivity contribution in [2.75, 3.05) is 30.8 Å². The minimum Gasteiger partial charge on any atom is -0.497 e. The number of unbranched alkanes of at least 4 members (excludes halogenated alkanes) is 1. The molecule has 3 rings (SSSR count). The molecular formula is C30H36FN3O5S. The van der Waals surface area contributed by atoms with E-state index >= 15 is 0 Å². The third kappa shape index (κ3) is 8.54. The highest BCUT2D eigenvalue weighted by molar-refractivity contribution is 7.92. The van der Waals surface area contributed by atoms with Crippen LogP contribution in [0.25, 0.3) is 0 Å². The maximum atomic E-state index is 14.7. The Balaban J connectivity index is 2.05. The number of amides is 2. The number of nitrogens with one attached hydrogen (secondary N) is 1. The van der Waals surface area contributed by atoms with Gasteiger partial charge in [-0.25, -0.2) is 12.8 Å². The number of ether oxygens (including phenoxy) is 1. The van der Waals surface area contributed by atoms with E-state index in [0.717, 1.165) is 35.0 Å². The van der Waals surface area contributed by atoms with Gasteiger partial charge in [-0.2, -0.15) is 0 Å². The van der Waals surface area contributed by atoms with Crippen LogP contribution in [-0.2, 0) is 32.6 Å². The Morgan fingerprint density at radius 1 is 0.975 bits per heavy atom. The Kier molecular flexibility index (Phi) is 11.1. The van der Waals surface area contributed by atoms with Gasteiger partial charge in [-0.15, -0.1) is 0 Å². The molecule has 0 radical (unpaired) electrons. The molecule has 1 N–H and O–H groups in total. The third-order valence-corrected chi connectivity index (χ3v) is 7.51. The van der Waals surface area contributed by atoms with Crippen molar-refractivity contribution in [3.63, 3.8) is 0 Å². The lowest BCUT2D eigenvalue weighted by atomic mass is 10.0. The molecule has 0 aliphatic heterocycles. The predicted octanol–water partition coefficient (Wildman–Crippen LogP) is 4.16. The average Bonchev–Trinajstić information content (AvgIpc) is 2.94. The van der Waals surface area contributed by atoms with Gasteiger partial charge in [0.05, 0.1) is 19.1 Å². The van der Waals surface area contributed by atoms with Crippen molar-refractivity contribution in [3.05, 3.63) is 95.8 Å². The number of nitrogens with zero attached hydrogens (tertiary/aromatic N) is 2. The quantitative estimate of drug-likeness (QED) is 0.294. The summed E-state index contributed by atoms with van der Waals surface area (Å²) >= 11 is 0. The first kappa shape index (κ1) is 30.6. The van der Waals surface area contributed by atoms with Gasteiger partial charge in [0, 0.05) is 19.5 Å². The Bertz CT molecular complexity index is 1380. The summed E-state index contributed by atoms with van der Waals surface area (Å²) in [5.41, 5.74) is 1.27. The molecule has 40 heavy (non-hydrogen) atoms. The number of hydrogen-bond acceptors (Lipinski definition) is 5. The van der Waals surface area contributed by atoms with Crippen molar-refractivity contribution < 1.29 is 27.1 Å². The van der Waals surface area contributed by atoms with E-state index in [9.17, 15) is 22.4 Å². The van der Waals surface area contributed by atoms with E-state index in [2.05, 4.69) is 5.32 Å². The fourth-order valence-corrected chi connectivity index (χ4v) is 5.13. The second-order valence-corrected chi connectivity index (χ2v) is 11.4. The van der Waals surface area contributed by atoms with Crippen LogP contribution < -0.4 is 14.4 Å². The van der Waals surface area contributed by atoms with Gasteiger partial charge in [0.2, 0.25) is 21.8 Å². The molecule has 0 fully saturated rings. The number of benzene rings is 3. The molecule has 2 amide bonds. The maximum absolute atomic E-state index is 14.7. The summed E-state index contributed by atoms with van der Waals surface area (Å²) < 4.78 is 46.2. The van der Waals surface area contributed by atoms with Crippen molar-refractivity contribution in [1.29, 1.82) is 0 Å². The number of methoxy groups -OCH3 is 1. The summed E-state index contributed by atoms with van der Waals surface area (Å²) in [5, 5.41) is 2.92. The number of anilines is 1. The lowest BCUT2D eigenvalue weighted by Gasteiger charge is -2.33. The molecule has 0 heterocycles. The van der Waals surface area contributed by atoms with Gasteiger partial charge in [-0.1, -0.05) is 67.9 Å². The largest absolute Gasteiger partial charge is 0.497 e. The zero-order valence-electron chi connectivity index (χ0n) is 23.0. The van der Waals surface area contributed by atoms with Crippen molar-refractivity contribution >= 4 is 27.5 Å². The fraction of sp³-hybridized carbons (Fsp3) is 0.333. The van der Waals surface area contributed by atoms with E-state index in [4.69, 9.17) is 4.74 Å². The van der Waals surface area contributed by atoms with E-state index in [1.165, 1.54) is 30.2 Å². The zero-order valence-corrected chi connectivity index (χ0v) is 23.9. The fourth-order valence-electron chi connectivity index (χ4n) is 4.28. The molecule has 1 unspecified atom stereocenters. The lowest BCUT2D eigenvalue weighted by Crippen LogP contribution is -2.53. The summed E-state index contributed by atoms with van der Waals surface area (Å²) in [7, 11) is -2.52. The molecule has 8 nitrogen and oxygen atoms in total. The number of carbonyl (C=O) groups is 2. The third-order valence-electron chi connectivity index (χ3n) is 6.39. The first-order valence-electron chi connectivity index (χ1n) is 13.1. The molecule has 3 aromatic carbocycles. The van der Waals surface area contributed by atoms with Crippen molar-refractivity contribution in [2.45, 2.75) is 38.8 Å². The van der Waals surface area contributed by atoms with Crippen LogP contribution in [0.4, 0.5) is 10.1 Å². The van der Waals surface area contributed by atoms with Crippen molar-refractivity contribution in [1.82, 2.24) is 10.2 Å². The van der Waals surface area contributed by atoms with Gasteiger partial charge in [0.25, 0.3) is 0 Å². The van der Waals surface area contributed by atoms with Gasteiger partial charge in [-0.05, 0) is 41.8 Å². The number of rotatable bonds is 14. The molecule has 0 saturated carbocycles. The average molecular weight is 570 g/mol. The van der Waals surface area contributed by atoms with Crippen LogP contribution >= 0.6 is 0 Å². The zero-order chi connectivity index (χ0) is 29.1. The Hall–Kier alpha value is -3.92.